The van der Waals surface area contributed by atoms with E-state index < -0.39 is 0 Å². The van der Waals surface area contributed by atoms with E-state index in [2.05, 4.69) is 0 Å². The number of nitrogens with zero attached hydrogens (tertiary/aromatic N) is 1. The van der Waals surface area contributed by atoms with Crippen LogP contribution in [0.15, 0.2) is 78.9 Å². The zero-order valence-corrected chi connectivity index (χ0v) is 21.8. The Labute approximate surface area is 223 Å². The van der Waals surface area contributed by atoms with Gasteiger partial charge in [0.1, 0.15) is 11.5 Å². The second-order valence-electron chi connectivity index (χ2n) is 10.5. The number of anilines is 1. The number of benzene rings is 4. The number of imide groups is 1. The molecule has 0 spiro atoms. The van der Waals surface area contributed by atoms with E-state index in [1.54, 1.807) is 18.2 Å². The zero-order chi connectivity index (χ0) is 26.2. The first kappa shape index (κ1) is 24.2. The van der Waals surface area contributed by atoms with E-state index in [4.69, 9.17) is 9.47 Å². The molecule has 192 valence electrons. The number of ether oxygens (including phenoxy) is 2. The van der Waals surface area contributed by atoms with Crippen LogP contribution in [0.2, 0.25) is 0 Å². The zero-order valence-electron chi connectivity index (χ0n) is 21.8. The minimum Gasteiger partial charge on any atom is -0.493 e. The van der Waals surface area contributed by atoms with Crippen molar-refractivity contribution >= 4 is 28.3 Å². The molecular formula is C33H31NO4. The van der Waals surface area contributed by atoms with Crippen LogP contribution < -0.4 is 14.4 Å². The molecule has 1 saturated carbocycles. The third kappa shape index (κ3) is 4.43. The number of hydrogen-bond acceptors (Lipinski definition) is 4. The molecule has 0 radical (unpaired) electrons. The number of rotatable bonds is 7. The molecule has 1 fully saturated rings. The highest BCUT2D eigenvalue weighted by molar-refractivity contribution is 6.36. The summed E-state index contributed by atoms with van der Waals surface area (Å²) >= 11 is 0. The lowest BCUT2D eigenvalue weighted by Crippen LogP contribution is -2.40. The average Bonchev–Trinajstić information content (AvgIpc) is 3.45. The predicted molar refractivity (Wildman–Crippen MR) is 150 cm³/mol. The Bertz CT molecular complexity index is 1480. The lowest BCUT2D eigenvalue weighted by molar-refractivity contribution is 0.0893. The molecule has 5 heteroatoms. The van der Waals surface area contributed by atoms with Crippen LogP contribution in [0, 0.1) is 5.92 Å². The van der Waals surface area contributed by atoms with E-state index in [1.165, 1.54) is 30.6 Å². The lowest BCUT2D eigenvalue weighted by Gasteiger charge is -2.28. The maximum atomic E-state index is 13.7. The Morgan fingerprint density at radius 1 is 0.763 bits per heavy atom. The van der Waals surface area contributed by atoms with Crippen LogP contribution >= 0.6 is 0 Å². The molecule has 4 aromatic rings. The summed E-state index contributed by atoms with van der Waals surface area (Å²) in [6.45, 7) is 4.71. The van der Waals surface area contributed by atoms with Crippen LogP contribution in [0.25, 0.3) is 21.9 Å². The topological polar surface area (TPSA) is 55.8 Å². The van der Waals surface area contributed by atoms with Crippen LogP contribution in [0.4, 0.5) is 5.69 Å². The smallest absolute Gasteiger partial charge is 0.265 e. The van der Waals surface area contributed by atoms with E-state index in [-0.39, 0.29) is 17.9 Å². The van der Waals surface area contributed by atoms with Gasteiger partial charge in [0, 0.05) is 16.5 Å². The molecule has 38 heavy (non-hydrogen) atoms. The van der Waals surface area contributed by atoms with Crippen molar-refractivity contribution in [2.24, 2.45) is 5.92 Å². The van der Waals surface area contributed by atoms with E-state index in [0.717, 1.165) is 28.0 Å². The molecule has 0 unspecified atom stereocenters. The molecule has 6 rings (SSSR count). The quantitative estimate of drug-likeness (QED) is 0.242. The molecular weight excluding hydrogens is 474 g/mol. The van der Waals surface area contributed by atoms with Crippen molar-refractivity contribution in [1.82, 2.24) is 0 Å². The normalized spacial score (nSPS) is 15.5. The molecule has 2 amide bonds. The summed E-state index contributed by atoms with van der Waals surface area (Å²) in [6.07, 6.45) is 5.10. The van der Waals surface area contributed by atoms with Crippen molar-refractivity contribution in [1.29, 1.82) is 0 Å². The fraction of sp³-hybridized carbons (Fsp3) is 0.273. The summed E-state index contributed by atoms with van der Waals surface area (Å²) in [5.41, 5.74) is 3.57. The van der Waals surface area contributed by atoms with Gasteiger partial charge in [0.15, 0.2) is 0 Å². The predicted octanol–water partition coefficient (Wildman–Crippen LogP) is 7.66. The van der Waals surface area contributed by atoms with E-state index in [0.29, 0.717) is 34.7 Å². The van der Waals surface area contributed by atoms with Crippen LogP contribution in [-0.2, 0) is 0 Å². The minimum atomic E-state index is -0.314. The Morgan fingerprint density at radius 2 is 1.39 bits per heavy atom. The summed E-state index contributed by atoms with van der Waals surface area (Å²) < 4.78 is 11.8. The first-order chi connectivity index (χ1) is 18.5. The molecule has 0 bridgehead atoms. The average molecular weight is 506 g/mol. The first-order valence-corrected chi connectivity index (χ1v) is 13.4. The van der Waals surface area contributed by atoms with Crippen molar-refractivity contribution < 1.29 is 19.1 Å². The van der Waals surface area contributed by atoms with Crippen LogP contribution in [0.3, 0.4) is 0 Å². The first-order valence-electron chi connectivity index (χ1n) is 13.4. The van der Waals surface area contributed by atoms with Crippen molar-refractivity contribution in [2.75, 3.05) is 11.5 Å². The van der Waals surface area contributed by atoms with Gasteiger partial charge in [-0.3, -0.25) is 9.59 Å². The maximum absolute atomic E-state index is 13.7. The van der Waals surface area contributed by atoms with Gasteiger partial charge < -0.3 is 9.47 Å². The molecule has 5 nitrogen and oxygen atoms in total. The molecule has 0 N–H and O–H groups in total. The summed E-state index contributed by atoms with van der Waals surface area (Å²) in [5.74, 6) is 1.56. The fourth-order valence-corrected chi connectivity index (χ4v) is 5.65. The largest absolute Gasteiger partial charge is 0.493 e. The Kier molecular flexibility index (Phi) is 6.36. The molecule has 1 aliphatic carbocycles. The fourth-order valence-electron chi connectivity index (χ4n) is 5.65. The van der Waals surface area contributed by atoms with Crippen molar-refractivity contribution in [2.45, 2.75) is 45.6 Å². The number of hydrogen-bond donors (Lipinski definition) is 0. The number of amides is 2. The van der Waals surface area contributed by atoms with Crippen LogP contribution in [-0.4, -0.2) is 24.5 Å². The second-order valence-corrected chi connectivity index (χ2v) is 10.5. The Balaban J connectivity index is 1.30. The van der Waals surface area contributed by atoms with Gasteiger partial charge in [-0.25, -0.2) is 4.90 Å². The lowest BCUT2D eigenvalue weighted by atomic mass is 9.89. The Morgan fingerprint density at radius 3 is 2.08 bits per heavy atom. The van der Waals surface area contributed by atoms with Crippen LogP contribution in [0.1, 0.15) is 60.2 Å². The van der Waals surface area contributed by atoms with Gasteiger partial charge in [-0.2, -0.15) is 0 Å². The molecule has 0 saturated heterocycles. The highest BCUT2D eigenvalue weighted by atomic mass is 16.5. The minimum absolute atomic E-state index is 0.0991. The van der Waals surface area contributed by atoms with Gasteiger partial charge in [-0.15, -0.1) is 0 Å². The van der Waals surface area contributed by atoms with E-state index >= 15 is 0 Å². The van der Waals surface area contributed by atoms with Gasteiger partial charge in [-0.05, 0) is 97.7 Å². The van der Waals surface area contributed by atoms with Gasteiger partial charge in [0.05, 0.1) is 18.4 Å². The summed E-state index contributed by atoms with van der Waals surface area (Å²) in [5, 5.41) is 1.59. The molecule has 4 aromatic carbocycles. The van der Waals surface area contributed by atoms with Crippen molar-refractivity contribution in [3.05, 3.63) is 90.0 Å². The molecule has 0 atom stereocenters. The number of carbonyl (C=O) groups excluding carboxylic acids is 2. The van der Waals surface area contributed by atoms with E-state index in [9.17, 15) is 9.59 Å². The standard InChI is InChI=1S/C33H31NO4/c1-21(2)38-26-14-10-23(11-15-26)27-18-19-30-31-28(27)8-5-9-29(31)32(35)34(33(30)36)24-12-16-25(17-13-24)37-20-22-6-3-4-7-22/h5,8-19,21-22H,3-4,6-7,20H2,1-2H3. The Hall–Kier alpha value is -4.12. The summed E-state index contributed by atoms with van der Waals surface area (Å²) in [6, 6.07) is 24.6. The van der Waals surface area contributed by atoms with Crippen molar-refractivity contribution in [3.8, 4) is 22.6 Å². The summed E-state index contributed by atoms with van der Waals surface area (Å²) in [4.78, 5) is 28.6. The van der Waals surface area contributed by atoms with Crippen LogP contribution in [0.5, 0.6) is 11.5 Å². The van der Waals surface area contributed by atoms with Gasteiger partial charge in [-0.1, -0.05) is 43.2 Å². The molecule has 2 aliphatic rings. The maximum Gasteiger partial charge on any atom is 0.265 e. The highest BCUT2D eigenvalue weighted by Gasteiger charge is 2.34. The second kappa shape index (κ2) is 9.97. The van der Waals surface area contributed by atoms with Gasteiger partial charge in [0.2, 0.25) is 0 Å². The summed E-state index contributed by atoms with van der Waals surface area (Å²) in [7, 11) is 0. The monoisotopic (exact) mass is 505 g/mol. The number of carbonyl (C=O) groups is 2. The molecule has 0 aromatic heterocycles. The molecule has 1 heterocycles. The van der Waals surface area contributed by atoms with Crippen molar-refractivity contribution in [3.63, 3.8) is 0 Å². The molecule has 1 aliphatic heterocycles. The highest BCUT2D eigenvalue weighted by Crippen LogP contribution is 2.38. The third-order valence-corrected chi connectivity index (χ3v) is 7.50. The SMILES string of the molecule is CC(C)Oc1ccc(-c2ccc3c4c(cccc24)C(=O)N(c2ccc(OCC4CCCC4)cc2)C3=O)cc1. The van der Waals surface area contributed by atoms with E-state index in [1.807, 2.05) is 74.5 Å². The third-order valence-electron chi connectivity index (χ3n) is 7.50. The van der Waals surface area contributed by atoms with Gasteiger partial charge in [0.25, 0.3) is 11.8 Å². The van der Waals surface area contributed by atoms with Gasteiger partial charge >= 0.3 is 0 Å².